The lowest BCUT2D eigenvalue weighted by atomic mass is 10.7. The number of esters is 1. The van der Waals surface area contributed by atoms with Gasteiger partial charge in [0.2, 0.25) is 0 Å². The fourth-order valence-electron chi connectivity index (χ4n) is 0.0589. The predicted molar refractivity (Wildman–Crippen MR) is 51.7 cm³/mol. The summed E-state index contributed by atoms with van der Waals surface area (Å²) in [5.41, 5.74) is 9.06. The van der Waals surface area contributed by atoms with Gasteiger partial charge in [-0.05, 0) is 0 Å². The molecule has 0 saturated heterocycles. The third-order valence-electron chi connectivity index (χ3n) is 0.427. The fourth-order valence-corrected chi connectivity index (χ4v) is 0.0589. The SMILES string of the molecule is CO.[2H]C([2H])(N)C(=O)O.[2H]C([2H])(N)C(=O)OC.[B]. The molecule has 0 aliphatic carbocycles. The van der Waals surface area contributed by atoms with Crippen LogP contribution in [0.3, 0.4) is 0 Å². The van der Waals surface area contributed by atoms with E-state index in [9.17, 15) is 9.59 Å². The quantitative estimate of drug-likeness (QED) is 0.290. The molecular formula is C6H16BN2O5. The first kappa shape index (κ1) is 11.0. The maximum Gasteiger partial charge on any atom is 0.319 e. The van der Waals surface area contributed by atoms with Crippen molar-refractivity contribution >= 4 is 20.4 Å². The molecule has 0 spiro atoms. The first-order valence-electron chi connectivity index (χ1n) is 4.77. The minimum absolute atomic E-state index is 0. The van der Waals surface area contributed by atoms with Crippen molar-refractivity contribution < 1.29 is 30.0 Å². The number of rotatable bonds is 2. The third-order valence-corrected chi connectivity index (χ3v) is 0.427. The topological polar surface area (TPSA) is 136 Å². The van der Waals surface area contributed by atoms with Crippen molar-refractivity contribution in [3.05, 3.63) is 0 Å². The molecule has 0 aliphatic rings. The van der Waals surface area contributed by atoms with Crippen molar-refractivity contribution in [2.45, 2.75) is 0 Å². The number of aliphatic hydroxyl groups excluding tert-OH is 1. The van der Waals surface area contributed by atoms with E-state index >= 15 is 0 Å². The normalized spacial score (nSPS) is 12.6. The first-order valence-corrected chi connectivity index (χ1v) is 2.77. The summed E-state index contributed by atoms with van der Waals surface area (Å²) in [6, 6.07) is 0. The van der Waals surface area contributed by atoms with Crippen molar-refractivity contribution in [3.63, 3.8) is 0 Å². The summed E-state index contributed by atoms with van der Waals surface area (Å²) in [6.07, 6.45) is 0. The maximum atomic E-state index is 10.1. The van der Waals surface area contributed by atoms with Gasteiger partial charge in [0.15, 0.2) is 0 Å². The van der Waals surface area contributed by atoms with Gasteiger partial charge in [-0.15, -0.1) is 0 Å². The molecule has 0 heterocycles. The van der Waals surface area contributed by atoms with Crippen molar-refractivity contribution in [3.8, 4) is 0 Å². The summed E-state index contributed by atoms with van der Waals surface area (Å²) in [5, 5.41) is 14.8. The average molecular weight is 211 g/mol. The number of aliphatic carboxylic acids is 1. The van der Waals surface area contributed by atoms with E-state index < -0.39 is 24.9 Å². The first-order chi connectivity index (χ1) is 7.42. The standard InChI is InChI=1S/C3H7NO2.C2H5NO2.CH4O.B/c1-6-3(5)2-4;3-1-2(4)5;1-2;/h2,4H2,1H3;1,3H2,(H,4,5);2H,1H3;/i2D2;1D2;;. The molecule has 83 valence electrons. The lowest BCUT2D eigenvalue weighted by Crippen LogP contribution is -2.14. The molecule has 8 heteroatoms. The Kier molecular flexibility index (Phi) is 17.7. The third kappa shape index (κ3) is 44.6. The Morgan fingerprint density at radius 3 is 1.64 bits per heavy atom. The number of carboxylic acid groups (broad SMARTS) is 1. The van der Waals surface area contributed by atoms with Gasteiger partial charge in [-0.3, -0.25) is 9.59 Å². The largest absolute Gasteiger partial charge is 0.480 e. The van der Waals surface area contributed by atoms with Crippen molar-refractivity contribution in [2.75, 3.05) is 27.2 Å². The van der Waals surface area contributed by atoms with Gasteiger partial charge in [0.25, 0.3) is 0 Å². The summed E-state index contributed by atoms with van der Waals surface area (Å²) >= 11 is 0. The van der Waals surface area contributed by atoms with Crippen LogP contribution in [0.5, 0.6) is 0 Å². The number of carbonyl (C=O) groups excluding carboxylic acids is 1. The highest BCUT2D eigenvalue weighted by Crippen LogP contribution is 1.61. The molecule has 14 heavy (non-hydrogen) atoms. The molecule has 0 aromatic rings. The van der Waals surface area contributed by atoms with E-state index in [0.717, 1.165) is 14.2 Å². The van der Waals surface area contributed by atoms with Crippen LogP contribution < -0.4 is 11.5 Å². The van der Waals surface area contributed by atoms with Gasteiger partial charge in [-0.2, -0.15) is 0 Å². The molecule has 0 atom stereocenters. The molecule has 7 nitrogen and oxygen atoms in total. The van der Waals surface area contributed by atoms with Crippen LogP contribution in [-0.4, -0.2) is 57.8 Å². The molecule has 0 aliphatic heterocycles. The second kappa shape index (κ2) is 22.6. The Hall–Kier alpha value is -1.12. The fraction of sp³-hybridized carbons (Fsp3) is 0.667. The lowest BCUT2D eigenvalue weighted by molar-refractivity contribution is -0.139. The minimum Gasteiger partial charge on any atom is -0.480 e. The Morgan fingerprint density at radius 2 is 1.64 bits per heavy atom. The maximum absolute atomic E-state index is 10.1. The molecule has 0 aromatic carbocycles. The van der Waals surface area contributed by atoms with Crippen LogP contribution in [0, 0.1) is 0 Å². The highest BCUT2D eigenvalue weighted by atomic mass is 16.5. The van der Waals surface area contributed by atoms with E-state index in [1.54, 1.807) is 0 Å². The number of carbonyl (C=O) groups is 2. The molecule has 0 amide bonds. The molecule has 3 radical (unpaired) electrons. The zero-order valence-electron chi connectivity index (χ0n) is 11.9. The zero-order chi connectivity index (χ0) is 14.9. The van der Waals surface area contributed by atoms with Gasteiger partial charge >= 0.3 is 11.9 Å². The van der Waals surface area contributed by atoms with Crippen LogP contribution in [0.15, 0.2) is 0 Å². The number of methoxy groups -OCH3 is 1. The van der Waals surface area contributed by atoms with Crippen LogP contribution in [0.4, 0.5) is 0 Å². The van der Waals surface area contributed by atoms with Gasteiger partial charge in [0.1, 0.15) is 0 Å². The molecule has 6 N–H and O–H groups in total. The zero-order valence-corrected chi connectivity index (χ0v) is 7.85. The molecule has 0 unspecified atom stereocenters. The van der Waals surface area contributed by atoms with Crippen LogP contribution in [-0.2, 0) is 14.3 Å². The highest BCUT2D eigenvalue weighted by Gasteiger charge is 1.87. The van der Waals surface area contributed by atoms with Crippen LogP contribution >= 0.6 is 0 Å². The Labute approximate surface area is 90.2 Å². The molecule has 0 bridgehead atoms. The summed E-state index contributed by atoms with van der Waals surface area (Å²) < 4.78 is 29.5. The van der Waals surface area contributed by atoms with E-state index in [1.807, 2.05) is 0 Å². The van der Waals surface area contributed by atoms with Crippen LogP contribution in [0.2, 0.25) is 0 Å². The van der Waals surface area contributed by atoms with Gasteiger partial charge in [0.05, 0.1) is 25.6 Å². The van der Waals surface area contributed by atoms with Gasteiger partial charge in [-0.25, -0.2) is 0 Å². The van der Waals surface area contributed by atoms with E-state index in [4.69, 9.17) is 15.7 Å². The van der Waals surface area contributed by atoms with Crippen molar-refractivity contribution in [2.24, 2.45) is 11.5 Å². The lowest BCUT2D eigenvalue weighted by Gasteiger charge is -1.87. The van der Waals surface area contributed by atoms with Gasteiger partial charge in [-0.1, -0.05) is 0 Å². The summed E-state index contributed by atoms with van der Waals surface area (Å²) in [4.78, 5) is 19.6. The second-order valence-electron chi connectivity index (χ2n) is 1.09. The number of hydrogen-bond donors (Lipinski definition) is 4. The van der Waals surface area contributed by atoms with Gasteiger partial charge in [0, 0.05) is 15.5 Å². The number of hydrogen-bond acceptors (Lipinski definition) is 6. The molecular weight excluding hydrogens is 191 g/mol. The molecule has 0 fully saturated rings. The van der Waals surface area contributed by atoms with E-state index in [-0.39, 0.29) is 8.41 Å². The molecule has 0 saturated carbocycles. The smallest absolute Gasteiger partial charge is 0.319 e. The summed E-state index contributed by atoms with van der Waals surface area (Å²) in [7, 11) is 2.08. The number of carboxylic acids is 1. The van der Waals surface area contributed by atoms with Crippen LogP contribution in [0.25, 0.3) is 0 Å². The Balaban J connectivity index is -0.0000000916. The van der Waals surface area contributed by atoms with Gasteiger partial charge < -0.3 is 26.4 Å². The Bertz CT molecular complexity index is 243. The van der Waals surface area contributed by atoms with E-state index in [1.165, 1.54) is 0 Å². The van der Waals surface area contributed by atoms with E-state index in [2.05, 4.69) is 16.2 Å². The summed E-state index contributed by atoms with van der Waals surface area (Å²) in [6.45, 7) is -4.94. The van der Waals surface area contributed by atoms with Crippen molar-refractivity contribution in [1.29, 1.82) is 0 Å². The Morgan fingerprint density at radius 1 is 1.36 bits per heavy atom. The molecule has 0 rings (SSSR count). The minimum atomic E-state index is -2.58. The average Bonchev–Trinajstić information content (AvgIpc) is 2.17. The van der Waals surface area contributed by atoms with Crippen molar-refractivity contribution in [1.82, 2.24) is 0 Å². The number of ether oxygens (including phenoxy) is 1. The number of aliphatic hydroxyl groups is 1. The second-order valence-corrected chi connectivity index (χ2v) is 1.09. The molecule has 0 aromatic heterocycles. The summed E-state index contributed by atoms with van der Waals surface area (Å²) in [5.74, 6) is -2.70. The monoisotopic (exact) mass is 211 g/mol. The predicted octanol–water partition coefficient (Wildman–Crippen LogP) is -2.62. The van der Waals surface area contributed by atoms with Crippen LogP contribution in [0.1, 0.15) is 5.48 Å². The highest BCUT2D eigenvalue weighted by molar-refractivity contribution is 5.75. The number of nitrogens with two attached hydrogens (primary N) is 2. The van der Waals surface area contributed by atoms with E-state index in [0.29, 0.717) is 0 Å².